The van der Waals surface area contributed by atoms with Crippen molar-refractivity contribution in [3.8, 4) is 17.0 Å². The summed E-state index contributed by atoms with van der Waals surface area (Å²) in [5, 5.41) is 14.4. The van der Waals surface area contributed by atoms with Crippen LogP contribution in [0, 0.1) is 0 Å². The molecule has 2 aromatic heterocycles. The van der Waals surface area contributed by atoms with Crippen molar-refractivity contribution >= 4 is 0 Å². The first-order valence-electron chi connectivity index (χ1n) is 8.73. The van der Waals surface area contributed by atoms with Crippen LogP contribution in [-0.2, 0) is 13.6 Å². The van der Waals surface area contributed by atoms with Gasteiger partial charge in [-0.25, -0.2) is 0 Å². The number of rotatable bonds is 5. The third-order valence-corrected chi connectivity index (χ3v) is 4.58. The predicted octanol–water partition coefficient (Wildman–Crippen LogP) is 2.11. The Bertz CT molecular complexity index is 865. The molecule has 134 valence electrons. The van der Waals surface area contributed by atoms with E-state index < -0.39 is 6.10 Å². The third-order valence-electron chi connectivity index (χ3n) is 4.58. The van der Waals surface area contributed by atoms with Gasteiger partial charge in [-0.2, -0.15) is 5.10 Å². The number of aromatic nitrogens is 3. The van der Waals surface area contributed by atoms with Crippen LogP contribution in [0.15, 0.2) is 61.1 Å². The lowest BCUT2D eigenvalue weighted by Crippen LogP contribution is -2.29. The lowest BCUT2D eigenvalue weighted by Gasteiger charge is -2.16. The van der Waals surface area contributed by atoms with Gasteiger partial charge in [0.25, 0.3) is 0 Å². The number of β-amino-alcohol motifs (C(OH)–C–C–N with tert-alkyl or cyclic N) is 1. The zero-order valence-corrected chi connectivity index (χ0v) is 14.7. The maximum absolute atomic E-state index is 10.3. The van der Waals surface area contributed by atoms with Crippen molar-refractivity contribution < 1.29 is 9.84 Å². The van der Waals surface area contributed by atoms with E-state index in [1.54, 1.807) is 17.1 Å². The van der Waals surface area contributed by atoms with Gasteiger partial charge in [0.1, 0.15) is 12.2 Å². The minimum absolute atomic E-state index is 0.238. The molecule has 0 aliphatic carbocycles. The summed E-state index contributed by atoms with van der Waals surface area (Å²) in [5.74, 6) is 0.690. The number of aliphatic hydroxyl groups excluding tert-OH is 1. The smallest absolute Gasteiger partial charge is 0.157 e. The standard InChI is InChI=1S/C20H22N4O2/c1-23-12-17(10-22-23)26-20-14-24(13-19(20)25)11-15-5-4-6-16(9-15)18-7-2-3-8-21-18/h2-10,12,19-20,25H,11,13-14H2,1H3/t19-,20-/m1/s1. The molecule has 4 rings (SSSR count). The van der Waals surface area contributed by atoms with Crippen LogP contribution in [0.4, 0.5) is 0 Å². The first kappa shape index (κ1) is 16.8. The second-order valence-corrected chi connectivity index (χ2v) is 6.68. The fraction of sp³-hybridized carbons (Fsp3) is 0.300. The second kappa shape index (κ2) is 7.27. The number of aryl methyl sites for hydroxylation is 1. The van der Waals surface area contributed by atoms with Gasteiger partial charge < -0.3 is 9.84 Å². The molecule has 1 aliphatic heterocycles. The number of hydrogen-bond donors (Lipinski definition) is 1. The zero-order chi connectivity index (χ0) is 17.9. The largest absolute Gasteiger partial charge is 0.483 e. The van der Waals surface area contributed by atoms with E-state index in [-0.39, 0.29) is 6.10 Å². The highest BCUT2D eigenvalue weighted by molar-refractivity contribution is 5.59. The zero-order valence-electron chi connectivity index (χ0n) is 14.7. The molecule has 0 saturated carbocycles. The molecule has 0 unspecified atom stereocenters. The number of hydrogen-bond acceptors (Lipinski definition) is 5. The van der Waals surface area contributed by atoms with Crippen LogP contribution in [0.3, 0.4) is 0 Å². The van der Waals surface area contributed by atoms with E-state index in [0.717, 1.165) is 17.8 Å². The highest BCUT2D eigenvalue weighted by Gasteiger charge is 2.33. The van der Waals surface area contributed by atoms with Crippen molar-refractivity contribution in [2.75, 3.05) is 13.1 Å². The van der Waals surface area contributed by atoms with Gasteiger partial charge in [0.15, 0.2) is 5.75 Å². The number of likely N-dealkylation sites (tertiary alicyclic amines) is 1. The van der Waals surface area contributed by atoms with Crippen LogP contribution >= 0.6 is 0 Å². The summed E-state index contributed by atoms with van der Waals surface area (Å²) in [6.07, 6.45) is 4.55. The second-order valence-electron chi connectivity index (χ2n) is 6.68. The van der Waals surface area contributed by atoms with Crippen LogP contribution in [0.5, 0.6) is 5.75 Å². The van der Waals surface area contributed by atoms with Crippen LogP contribution < -0.4 is 4.74 Å². The number of benzene rings is 1. The Morgan fingerprint density at radius 1 is 1.19 bits per heavy atom. The number of nitrogens with zero attached hydrogens (tertiary/aromatic N) is 4. The van der Waals surface area contributed by atoms with E-state index in [2.05, 4.69) is 39.2 Å². The molecular weight excluding hydrogens is 328 g/mol. The van der Waals surface area contributed by atoms with Crippen LogP contribution in [0.2, 0.25) is 0 Å². The molecule has 0 bridgehead atoms. The molecule has 6 nitrogen and oxygen atoms in total. The van der Waals surface area contributed by atoms with Gasteiger partial charge in [0, 0.05) is 38.4 Å². The molecule has 3 heterocycles. The summed E-state index contributed by atoms with van der Waals surface area (Å²) in [4.78, 5) is 6.62. The van der Waals surface area contributed by atoms with E-state index in [0.29, 0.717) is 18.8 Å². The lowest BCUT2D eigenvalue weighted by molar-refractivity contribution is 0.0736. The number of ether oxygens (including phenoxy) is 1. The maximum atomic E-state index is 10.3. The SMILES string of the molecule is Cn1cc(O[C@@H]2CN(Cc3cccc(-c4ccccn4)c3)C[C@H]2O)cn1. The molecular formula is C20H22N4O2. The molecule has 26 heavy (non-hydrogen) atoms. The van der Waals surface area contributed by atoms with E-state index in [1.807, 2.05) is 31.4 Å². The van der Waals surface area contributed by atoms with Gasteiger partial charge >= 0.3 is 0 Å². The van der Waals surface area contributed by atoms with Gasteiger partial charge in [0.2, 0.25) is 0 Å². The first-order chi connectivity index (χ1) is 12.7. The highest BCUT2D eigenvalue weighted by Crippen LogP contribution is 2.22. The molecule has 6 heteroatoms. The molecule has 1 aromatic carbocycles. The van der Waals surface area contributed by atoms with Gasteiger partial charge in [-0.3, -0.25) is 14.6 Å². The van der Waals surface area contributed by atoms with Crippen LogP contribution in [-0.4, -0.2) is 50.1 Å². The summed E-state index contributed by atoms with van der Waals surface area (Å²) >= 11 is 0. The molecule has 0 radical (unpaired) electrons. The number of pyridine rings is 1. The Morgan fingerprint density at radius 3 is 2.88 bits per heavy atom. The molecule has 0 spiro atoms. The average molecular weight is 350 g/mol. The van der Waals surface area contributed by atoms with Crippen molar-refractivity contribution in [1.82, 2.24) is 19.7 Å². The van der Waals surface area contributed by atoms with Crippen molar-refractivity contribution in [3.63, 3.8) is 0 Å². The van der Waals surface area contributed by atoms with Crippen molar-refractivity contribution in [2.45, 2.75) is 18.8 Å². The first-order valence-corrected chi connectivity index (χ1v) is 8.73. The summed E-state index contributed by atoms with van der Waals surface area (Å²) in [7, 11) is 1.85. The van der Waals surface area contributed by atoms with Gasteiger partial charge in [-0.05, 0) is 23.8 Å². The Kier molecular flexibility index (Phi) is 4.69. The van der Waals surface area contributed by atoms with Gasteiger partial charge in [-0.1, -0.05) is 24.3 Å². The molecule has 1 fully saturated rings. The lowest BCUT2D eigenvalue weighted by atomic mass is 10.1. The monoisotopic (exact) mass is 350 g/mol. The Morgan fingerprint density at radius 2 is 2.12 bits per heavy atom. The highest BCUT2D eigenvalue weighted by atomic mass is 16.5. The molecule has 2 atom stereocenters. The molecule has 1 saturated heterocycles. The Balaban J connectivity index is 1.42. The minimum Gasteiger partial charge on any atom is -0.483 e. The fourth-order valence-electron chi connectivity index (χ4n) is 3.33. The summed E-state index contributed by atoms with van der Waals surface area (Å²) in [6.45, 7) is 2.05. The Hall–Kier alpha value is -2.70. The van der Waals surface area contributed by atoms with Crippen LogP contribution in [0.25, 0.3) is 11.3 Å². The van der Waals surface area contributed by atoms with Gasteiger partial charge in [0.05, 0.1) is 18.1 Å². The summed E-state index contributed by atoms with van der Waals surface area (Å²) in [6, 6.07) is 14.3. The van der Waals surface area contributed by atoms with Crippen molar-refractivity contribution in [1.29, 1.82) is 0 Å². The van der Waals surface area contributed by atoms with E-state index >= 15 is 0 Å². The van der Waals surface area contributed by atoms with Crippen molar-refractivity contribution in [2.24, 2.45) is 7.05 Å². The molecule has 1 aliphatic rings. The summed E-state index contributed by atoms with van der Waals surface area (Å²) in [5.41, 5.74) is 3.27. The average Bonchev–Trinajstić information content (AvgIpc) is 3.21. The fourth-order valence-corrected chi connectivity index (χ4v) is 3.33. The quantitative estimate of drug-likeness (QED) is 0.764. The minimum atomic E-state index is -0.505. The van der Waals surface area contributed by atoms with E-state index in [1.165, 1.54) is 5.56 Å². The molecule has 0 amide bonds. The number of aliphatic hydroxyl groups is 1. The maximum Gasteiger partial charge on any atom is 0.157 e. The predicted molar refractivity (Wildman–Crippen MR) is 98.6 cm³/mol. The third kappa shape index (κ3) is 3.76. The topological polar surface area (TPSA) is 63.4 Å². The van der Waals surface area contributed by atoms with E-state index in [4.69, 9.17) is 4.74 Å². The molecule has 3 aromatic rings. The normalized spacial score (nSPS) is 20.4. The van der Waals surface area contributed by atoms with E-state index in [9.17, 15) is 5.11 Å². The molecule has 1 N–H and O–H groups in total. The van der Waals surface area contributed by atoms with Crippen molar-refractivity contribution in [3.05, 3.63) is 66.6 Å². The summed E-state index contributed by atoms with van der Waals surface area (Å²) < 4.78 is 7.58. The van der Waals surface area contributed by atoms with Gasteiger partial charge in [-0.15, -0.1) is 0 Å². The van der Waals surface area contributed by atoms with Crippen LogP contribution in [0.1, 0.15) is 5.56 Å². The Labute approximate surface area is 152 Å².